The molecule has 1 aromatic heterocycles. The predicted molar refractivity (Wildman–Crippen MR) is 129 cm³/mol. The maximum Gasteiger partial charge on any atom is 0.221 e. The van der Waals surface area contributed by atoms with Gasteiger partial charge in [-0.15, -0.1) is 6.42 Å². The number of hydrogen-bond donors (Lipinski definition) is 2. The summed E-state index contributed by atoms with van der Waals surface area (Å²) in [5, 5.41) is 14.2. The molecule has 2 heterocycles. The first-order valence-electron chi connectivity index (χ1n) is 10.1. The monoisotopic (exact) mass is 444 g/mol. The first-order chi connectivity index (χ1) is 15.5. The van der Waals surface area contributed by atoms with Crippen LogP contribution >= 0.6 is 11.6 Å². The third kappa shape index (κ3) is 4.43. The molecule has 0 bridgehead atoms. The van der Waals surface area contributed by atoms with Crippen LogP contribution in [-0.2, 0) is 4.79 Å². The minimum absolute atomic E-state index is 0.124. The van der Waals surface area contributed by atoms with Crippen molar-refractivity contribution >= 4 is 34.6 Å². The highest BCUT2D eigenvalue weighted by Crippen LogP contribution is 2.40. The highest BCUT2D eigenvalue weighted by Gasteiger charge is 2.17. The smallest absolute Gasteiger partial charge is 0.221 e. The fraction of sp³-hybridized carbons (Fsp3) is 0.160. The Morgan fingerprint density at radius 2 is 1.97 bits per heavy atom. The van der Waals surface area contributed by atoms with Crippen molar-refractivity contribution in [2.24, 2.45) is 4.99 Å². The van der Waals surface area contributed by atoms with Gasteiger partial charge in [-0.1, -0.05) is 41.8 Å². The molecule has 2 aromatic carbocycles. The van der Waals surface area contributed by atoms with E-state index in [1.54, 1.807) is 30.6 Å². The first-order valence-corrected chi connectivity index (χ1v) is 10.4. The number of anilines is 2. The molecule has 32 heavy (non-hydrogen) atoms. The van der Waals surface area contributed by atoms with Gasteiger partial charge in [-0.25, -0.2) is 0 Å². The number of phenolic OH excluding ortho intramolecular Hbond substituents is 1. The van der Waals surface area contributed by atoms with Crippen LogP contribution in [0.2, 0.25) is 5.02 Å². The van der Waals surface area contributed by atoms with Crippen molar-refractivity contribution in [1.82, 2.24) is 4.98 Å². The van der Waals surface area contributed by atoms with E-state index >= 15 is 0 Å². The number of pyridine rings is 1. The van der Waals surface area contributed by atoms with Gasteiger partial charge in [-0.05, 0) is 23.8 Å². The number of nitrogens with zero attached hydrogens (tertiary/aromatic N) is 3. The second-order valence-corrected chi connectivity index (χ2v) is 7.81. The average molecular weight is 445 g/mol. The molecule has 0 unspecified atom stereocenters. The van der Waals surface area contributed by atoms with Gasteiger partial charge in [0.2, 0.25) is 5.91 Å². The van der Waals surface area contributed by atoms with Gasteiger partial charge < -0.3 is 15.3 Å². The third-order valence-electron chi connectivity index (χ3n) is 5.21. The van der Waals surface area contributed by atoms with Crippen LogP contribution in [-0.4, -0.2) is 41.3 Å². The zero-order valence-electron chi connectivity index (χ0n) is 17.5. The summed E-state index contributed by atoms with van der Waals surface area (Å²) in [6.45, 7) is 3.37. The molecule has 2 N–H and O–H groups in total. The summed E-state index contributed by atoms with van der Waals surface area (Å²) in [7, 11) is 0. The lowest BCUT2D eigenvalue weighted by Crippen LogP contribution is -2.35. The number of aliphatic imine (C=N–C) groups is 1. The second kappa shape index (κ2) is 9.13. The summed E-state index contributed by atoms with van der Waals surface area (Å²) in [6, 6.07) is 12.8. The number of halogens is 1. The number of rotatable bonds is 4. The summed E-state index contributed by atoms with van der Waals surface area (Å²) in [5.41, 5.74) is 4.95. The van der Waals surface area contributed by atoms with Crippen LogP contribution in [0.5, 0.6) is 5.75 Å². The molecule has 1 aliphatic heterocycles. The molecule has 160 valence electrons. The van der Waals surface area contributed by atoms with Crippen LogP contribution in [0.25, 0.3) is 22.3 Å². The van der Waals surface area contributed by atoms with E-state index in [4.69, 9.17) is 18.0 Å². The Hall–Kier alpha value is -3.82. The molecule has 0 spiro atoms. The quantitative estimate of drug-likeness (QED) is 0.575. The van der Waals surface area contributed by atoms with E-state index in [2.05, 4.69) is 26.1 Å². The van der Waals surface area contributed by atoms with Gasteiger partial charge in [0, 0.05) is 36.4 Å². The van der Waals surface area contributed by atoms with Gasteiger partial charge in [-0.2, -0.15) is 0 Å². The Kier molecular flexibility index (Phi) is 6.11. The maximum absolute atomic E-state index is 11.3. The van der Waals surface area contributed by atoms with Gasteiger partial charge in [-0.3, -0.25) is 14.8 Å². The molecule has 0 fully saturated rings. The van der Waals surface area contributed by atoms with Gasteiger partial charge in [0.15, 0.2) is 0 Å². The summed E-state index contributed by atoms with van der Waals surface area (Å²) in [6.07, 6.45) is 9.01. The lowest BCUT2D eigenvalue weighted by atomic mass is 9.97. The zero-order chi connectivity index (χ0) is 22.7. The first kappa shape index (κ1) is 21.4. The third-order valence-corrected chi connectivity index (χ3v) is 5.52. The normalized spacial score (nSPS) is 13.3. The predicted octanol–water partition coefficient (Wildman–Crippen LogP) is 4.63. The molecule has 1 amide bonds. The van der Waals surface area contributed by atoms with E-state index in [0.717, 1.165) is 23.4 Å². The standard InChI is InChI=1S/C25H21ClN4O2/c1-3-19-15-30(10-9-28-19)20-11-18(13-27-14-20)22-6-4-5-21(25(22)32)17-7-8-24(23(26)12-17)29-16(2)31/h1,4-8,11-14,32H,9-10,15H2,2H3,(H,29,31). The highest BCUT2D eigenvalue weighted by atomic mass is 35.5. The summed E-state index contributed by atoms with van der Waals surface area (Å²) in [5.74, 6) is 2.54. The van der Waals surface area contributed by atoms with Crippen LogP contribution in [0, 0.1) is 12.3 Å². The summed E-state index contributed by atoms with van der Waals surface area (Å²) >= 11 is 6.33. The number of aromatic nitrogens is 1. The molecule has 7 heteroatoms. The minimum atomic E-state index is -0.203. The number of phenols is 1. The molecular formula is C25H21ClN4O2. The molecule has 0 saturated carbocycles. The largest absolute Gasteiger partial charge is 0.507 e. The number of terminal acetylenes is 1. The van der Waals surface area contributed by atoms with E-state index < -0.39 is 0 Å². The van der Waals surface area contributed by atoms with E-state index in [0.29, 0.717) is 40.6 Å². The van der Waals surface area contributed by atoms with Gasteiger partial charge in [0.05, 0.1) is 35.7 Å². The molecule has 3 aromatic rings. The van der Waals surface area contributed by atoms with Crippen molar-refractivity contribution in [1.29, 1.82) is 0 Å². The minimum Gasteiger partial charge on any atom is -0.507 e. The average Bonchev–Trinajstić information content (AvgIpc) is 2.80. The van der Waals surface area contributed by atoms with Crippen LogP contribution in [0.4, 0.5) is 11.4 Å². The second-order valence-electron chi connectivity index (χ2n) is 7.40. The number of para-hydroxylation sites is 1. The molecule has 1 aliphatic rings. The highest BCUT2D eigenvalue weighted by molar-refractivity contribution is 6.34. The molecule has 4 rings (SSSR count). The van der Waals surface area contributed by atoms with Gasteiger partial charge in [0.1, 0.15) is 11.5 Å². The van der Waals surface area contributed by atoms with E-state index in [1.807, 2.05) is 24.3 Å². The molecule has 0 atom stereocenters. The number of hydrogen-bond acceptors (Lipinski definition) is 5. The number of carbonyl (C=O) groups excluding carboxylic acids is 1. The number of aromatic hydroxyl groups is 1. The molecule has 6 nitrogen and oxygen atoms in total. The fourth-order valence-electron chi connectivity index (χ4n) is 3.66. The fourth-order valence-corrected chi connectivity index (χ4v) is 3.89. The van der Waals surface area contributed by atoms with E-state index in [-0.39, 0.29) is 11.7 Å². The van der Waals surface area contributed by atoms with E-state index in [9.17, 15) is 9.90 Å². The summed E-state index contributed by atoms with van der Waals surface area (Å²) in [4.78, 5) is 22.2. The van der Waals surface area contributed by atoms with Crippen LogP contribution in [0.3, 0.4) is 0 Å². The Morgan fingerprint density at radius 3 is 2.69 bits per heavy atom. The van der Waals surface area contributed by atoms with E-state index in [1.165, 1.54) is 6.92 Å². The lowest BCUT2D eigenvalue weighted by Gasteiger charge is -2.27. The number of amides is 1. The Bertz CT molecular complexity index is 1260. The van der Waals surface area contributed by atoms with Crippen molar-refractivity contribution in [3.05, 3.63) is 59.9 Å². The molecular weight excluding hydrogens is 424 g/mol. The van der Waals surface area contributed by atoms with Gasteiger partial charge >= 0.3 is 0 Å². The van der Waals surface area contributed by atoms with Crippen LogP contribution in [0.1, 0.15) is 6.92 Å². The summed E-state index contributed by atoms with van der Waals surface area (Å²) < 4.78 is 0. The number of nitrogens with one attached hydrogen (secondary N) is 1. The Morgan fingerprint density at radius 1 is 1.19 bits per heavy atom. The lowest BCUT2D eigenvalue weighted by molar-refractivity contribution is -0.114. The number of benzene rings is 2. The topological polar surface area (TPSA) is 77.8 Å². The van der Waals surface area contributed by atoms with Crippen molar-refractivity contribution < 1.29 is 9.90 Å². The van der Waals surface area contributed by atoms with Crippen molar-refractivity contribution in [2.45, 2.75) is 6.92 Å². The molecule has 0 aliphatic carbocycles. The SMILES string of the molecule is C#CC1=NCCN(c2cncc(-c3cccc(-c4ccc(NC(C)=O)c(Cl)c4)c3O)c2)C1. The van der Waals surface area contributed by atoms with Crippen molar-refractivity contribution in [2.75, 3.05) is 29.9 Å². The van der Waals surface area contributed by atoms with Crippen LogP contribution < -0.4 is 10.2 Å². The van der Waals surface area contributed by atoms with Gasteiger partial charge in [0.25, 0.3) is 0 Å². The number of carbonyl (C=O) groups is 1. The van der Waals surface area contributed by atoms with Crippen LogP contribution in [0.15, 0.2) is 59.9 Å². The van der Waals surface area contributed by atoms with Crippen molar-refractivity contribution in [3.63, 3.8) is 0 Å². The molecule has 0 saturated heterocycles. The maximum atomic E-state index is 11.3. The molecule has 0 radical (unpaired) electrons. The Balaban J connectivity index is 1.68. The zero-order valence-corrected chi connectivity index (χ0v) is 18.2. The van der Waals surface area contributed by atoms with Crippen molar-refractivity contribution in [3.8, 4) is 40.3 Å². The Labute approximate surface area is 191 Å².